The molecule has 1 heterocycles. The number of urea groups is 1. The second kappa shape index (κ2) is 7.21. The fourth-order valence-corrected chi connectivity index (χ4v) is 1.47. The molecule has 7 heteroatoms. The maximum Gasteiger partial charge on any atom is 0.321 e. The highest BCUT2D eigenvalue weighted by Crippen LogP contribution is 2.02. The van der Waals surface area contributed by atoms with Gasteiger partial charge in [-0.05, 0) is 12.5 Å². The summed E-state index contributed by atoms with van der Waals surface area (Å²) in [5, 5.41) is 13.7. The van der Waals surface area contributed by atoms with Gasteiger partial charge >= 0.3 is 12.0 Å². The summed E-state index contributed by atoms with van der Waals surface area (Å²) < 4.78 is 0. The lowest BCUT2D eigenvalue weighted by molar-refractivity contribution is -0.137. The average molecular weight is 252 g/mol. The van der Waals surface area contributed by atoms with E-state index in [1.165, 1.54) is 12.4 Å². The highest BCUT2D eigenvalue weighted by molar-refractivity contribution is 5.87. The quantitative estimate of drug-likeness (QED) is 0.706. The number of amides is 2. The molecule has 1 atom stereocenters. The minimum absolute atomic E-state index is 0.100. The molecule has 1 aromatic heterocycles. The van der Waals surface area contributed by atoms with Gasteiger partial charge in [-0.2, -0.15) is 0 Å². The zero-order valence-electron chi connectivity index (χ0n) is 10.1. The SMILES string of the molecule is CCCC(CC(=O)O)NC(=O)Nc1ncccn1. The Morgan fingerprint density at radius 2 is 2.06 bits per heavy atom. The number of carboxylic acids is 1. The van der Waals surface area contributed by atoms with Gasteiger partial charge in [0.1, 0.15) is 0 Å². The molecule has 0 saturated heterocycles. The summed E-state index contributed by atoms with van der Waals surface area (Å²) in [7, 11) is 0. The van der Waals surface area contributed by atoms with Gasteiger partial charge in [-0.3, -0.25) is 10.1 Å². The molecule has 18 heavy (non-hydrogen) atoms. The fraction of sp³-hybridized carbons (Fsp3) is 0.455. The van der Waals surface area contributed by atoms with Gasteiger partial charge in [-0.25, -0.2) is 14.8 Å². The van der Waals surface area contributed by atoms with Crippen molar-refractivity contribution in [2.75, 3.05) is 5.32 Å². The van der Waals surface area contributed by atoms with E-state index in [2.05, 4.69) is 20.6 Å². The standard InChI is InChI=1S/C11H16N4O3/c1-2-4-8(7-9(16)17)14-11(18)15-10-12-5-3-6-13-10/h3,5-6,8H,2,4,7H2,1H3,(H,16,17)(H2,12,13,14,15,18). The number of aliphatic carboxylic acids is 1. The monoisotopic (exact) mass is 252 g/mol. The van der Waals surface area contributed by atoms with E-state index >= 15 is 0 Å². The van der Waals surface area contributed by atoms with Crippen LogP contribution in [-0.4, -0.2) is 33.1 Å². The molecule has 1 unspecified atom stereocenters. The second-order valence-corrected chi connectivity index (χ2v) is 3.75. The van der Waals surface area contributed by atoms with Crippen molar-refractivity contribution >= 4 is 17.9 Å². The van der Waals surface area contributed by atoms with Crippen LogP contribution >= 0.6 is 0 Å². The Kier molecular flexibility index (Phi) is 5.56. The maximum absolute atomic E-state index is 11.6. The van der Waals surface area contributed by atoms with Crippen molar-refractivity contribution in [3.05, 3.63) is 18.5 Å². The molecule has 0 fully saturated rings. The number of rotatable bonds is 6. The van der Waals surface area contributed by atoms with Crippen LogP contribution in [0.1, 0.15) is 26.2 Å². The minimum Gasteiger partial charge on any atom is -0.481 e. The van der Waals surface area contributed by atoms with Crippen LogP contribution < -0.4 is 10.6 Å². The van der Waals surface area contributed by atoms with Crippen LogP contribution in [0.5, 0.6) is 0 Å². The molecule has 0 saturated carbocycles. The average Bonchev–Trinajstić information content (AvgIpc) is 2.29. The highest BCUT2D eigenvalue weighted by atomic mass is 16.4. The molecule has 0 aromatic carbocycles. The van der Waals surface area contributed by atoms with Crippen LogP contribution in [0.3, 0.4) is 0 Å². The summed E-state index contributed by atoms with van der Waals surface area (Å²) in [4.78, 5) is 29.9. The van der Waals surface area contributed by atoms with Crippen LogP contribution in [0, 0.1) is 0 Å². The summed E-state index contributed by atoms with van der Waals surface area (Å²) in [5.74, 6) is -0.759. The minimum atomic E-state index is -0.940. The summed E-state index contributed by atoms with van der Waals surface area (Å²) in [6, 6.07) is 0.741. The number of carboxylic acid groups (broad SMARTS) is 1. The van der Waals surface area contributed by atoms with Crippen molar-refractivity contribution in [2.24, 2.45) is 0 Å². The second-order valence-electron chi connectivity index (χ2n) is 3.75. The highest BCUT2D eigenvalue weighted by Gasteiger charge is 2.15. The number of carbonyl (C=O) groups excluding carboxylic acids is 1. The molecule has 1 rings (SSSR count). The van der Waals surface area contributed by atoms with E-state index in [9.17, 15) is 9.59 Å². The smallest absolute Gasteiger partial charge is 0.321 e. The predicted molar refractivity (Wildman–Crippen MR) is 65.1 cm³/mol. The van der Waals surface area contributed by atoms with Crippen LogP contribution in [-0.2, 0) is 4.79 Å². The lowest BCUT2D eigenvalue weighted by Crippen LogP contribution is -2.39. The first-order chi connectivity index (χ1) is 8.61. The topological polar surface area (TPSA) is 104 Å². The van der Waals surface area contributed by atoms with Crippen molar-refractivity contribution in [1.82, 2.24) is 15.3 Å². The van der Waals surface area contributed by atoms with E-state index in [0.29, 0.717) is 6.42 Å². The molecule has 0 spiro atoms. The van der Waals surface area contributed by atoms with Crippen molar-refractivity contribution in [3.63, 3.8) is 0 Å². The van der Waals surface area contributed by atoms with Gasteiger partial charge in [0.25, 0.3) is 0 Å². The zero-order valence-corrected chi connectivity index (χ0v) is 10.1. The fourth-order valence-electron chi connectivity index (χ4n) is 1.47. The number of anilines is 1. The summed E-state index contributed by atoms with van der Waals surface area (Å²) in [5.41, 5.74) is 0. The van der Waals surface area contributed by atoms with Crippen LogP contribution in [0.2, 0.25) is 0 Å². The Labute approximate surface area is 105 Å². The molecule has 1 aromatic rings. The Balaban J connectivity index is 2.48. The summed E-state index contributed by atoms with van der Waals surface area (Å²) >= 11 is 0. The zero-order chi connectivity index (χ0) is 13.4. The third-order valence-corrected chi connectivity index (χ3v) is 2.18. The number of hydrogen-bond acceptors (Lipinski definition) is 4. The van der Waals surface area contributed by atoms with Crippen LogP contribution in [0.15, 0.2) is 18.5 Å². The molecule has 0 aliphatic rings. The van der Waals surface area contributed by atoms with Crippen LogP contribution in [0.4, 0.5) is 10.7 Å². The molecular weight excluding hydrogens is 236 g/mol. The molecule has 7 nitrogen and oxygen atoms in total. The lowest BCUT2D eigenvalue weighted by atomic mass is 10.1. The van der Waals surface area contributed by atoms with Gasteiger partial charge in [0.2, 0.25) is 5.95 Å². The molecule has 0 aliphatic heterocycles. The largest absolute Gasteiger partial charge is 0.481 e. The molecule has 98 valence electrons. The molecule has 3 N–H and O–H groups in total. The third-order valence-electron chi connectivity index (χ3n) is 2.18. The first kappa shape index (κ1) is 13.9. The number of nitrogens with zero attached hydrogens (tertiary/aromatic N) is 2. The summed E-state index contributed by atoms with van der Waals surface area (Å²) in [6.45, 7) is 1.93. The Morgan fingerprint density at radius 3 is 2.61 bits per heavy atom. The van der Waals surface area contributed by atoms with Crippen LogP contribution in [0.25, 0.3) is 0 Å². The first-order valence-electron chi connectivity index (χ1n) is 5.68. The van der Waals surface area contributed by atoms with E-state index in [0.717, 1.165) is 6.42 Å². The molecule has 2 amide bonds. The Bertz CT molecular complexity index is 397. The maximum atomic E-state index is 11.6. The van der Waals surface area contributed by atoms with Gasteiger partial charge < -0.3 is 10.4 Å². The molecule has 0 bridgehead atoms. The van der Waals surface area contributed by atoms with E-state index in [1.54, 1.807) is 6.07 Å². The van der Waals surface area contributed by atoms with Crippen molar-refractivity contribution in [1.29, 1.82) is 0 Å². The third kappa shape index (κ3) is 5.24. The van der Waals surface area contributed by atoms with E-state index in [1.807, 2.05) is 6.92 Å². The van der Waals surface area contributed by atoms with Gasteiger partial charge in [0, 0.05) is 18.4 Å². The number of nitrogens with one attached hydrogen (secondary N) is 2. The van der Waals surface area contributed by atoms with E-state index < -0.39 is 18.0 Å². The first-order valence-corrected chi connectivity index (χ1v) is 5.68. The van der Waals surface area contributed by atoms with E-state index in [-0.39, 0.29) is 12.4 Å². The molecular formula is C11H16N4O3. The van der Waals surface area contributed by atoms with Gasteiger partial charge in [0.15, 0.2) is 0 Å². The molecule has 0 radical (unpaired) electrons. The predicted octanol–water partition coefficient (Wildman–Crippen LogP) is 1.24. The summed E-state index contributed by atoms with van der Waals surface area (Å²) in [6.07, 6.45) is 4.30. The lowest BCUT2D eigenvalue weighted by Gasteiger charge is -2.15. The van der Waals surface area contributed by atoms with Gasteiger partial charge in [-0.1, -0.05) is 13.3 Å². The Hall–Kier alpha value is -2.18. The van der Waals surface area contributed by atoms with Crippen molar-refractivity contribution < 1.29 is 14.7 Å². The van der Waals surface area contributed by atoms with Crippen molar-refractivity contribution in [3.8, 4) is 0 Å². The van der Waals surface area contributed by atoms with Gasteiger partial charge in [-0.15, -0.1) is 0 Å². The van der Waals surface area contributed by atoms with E-state index in [4.69, 9.17) is 5.11 Å². The Morgan fingerprint density at radius 1 is 1.39 bits per heavy atom. The number of hydrogen-bond donors (Lipinski definition) is 3. The molecule has 0 aliphatic carbocycles. The van der Waals surface area contributed by atoms with Gasteiger partial charge in [0.05, 0.1) is 6.42 Å². The normalized spacial score (nSPS) is 11.6. The number of aromatic nitrogens is 2. The number of carbonyl (C=O) groups is 2. The van der Waals surface area contributed by atoms with Crippen molar-refractivity contribution in [2.45, 2.75) is 32.2 Å².